The highest BCUT2D eigenvalue weighted by Crippen LogP contribution is 2.32. The molecule has 1 amide bonds. The van der Waals surface area contributed by atoms with Gasteiger partial charge in [0.1, 0.15) is 5.15 Å². The summed E-state index contributed by atoms with van der Waals surface area (Å²) in [5, 5.41) is 3.30. The van der Waals surface area contributed by atoms with Crippen molar-refractivity contribution < 1.29 is 4.79 Å². The summed E-state index contributed by atoms with van der Waals surface area (Å²) in [5.41, 5.74) is 1.60. The van der Waals surface area contributed by atoms with Crippen LogP contribution in [0.2, 0.25) is 5.15 Å². The van der Waals surface area contributed by atoms with Gasteiger partial charge in [-0.1, -0.05) is 11.6 Å². The Morgan fingerprint density at radius 1 is 1.67 bits per heavy atom. The molecule has 0 atom stereocenters. The molecule has 4 heteroatoms. The number of carbonyl (C=O) groups is 1. The first-order chi connectivity index (χ1) is 7.15. The second-order valence-electron chi connectivity index (χ2n) is 4.03. The molecule has 2 rings (SSSR count). The summed E-state index contributed by atoms with van der Waals surface area (Å²) in [7, 11) is 0. The highest BCUT2D eigenvalue weighted by molar-refractivity contribution is 6.30. The summed E-state index contributed by atoms with van der Waals surface area (Å²) in [6, 6.07) is 1.83. The summed E-state index contributed by atoms with van der Waals surface area (Å²) < 4.78 is 0. The number of aromatic nitrogens is 1. The third-order valence-electron chi connectivity index (χ3n) is 2.47. The third-order valence-corrected chi connectivity index (χ3v) is 2.86. The molecule has 0 saturated heterocycles. The number of amides is 1. The molecule has 0 aliphatic heterocycles. The van der Waals surface area contributed by atoms with E-state index >= 15 is 0 Å². The minimum atomic E-state index is 0.0704. The van der Waals surface area contributed by atoms with Gasteiger partial charge in [-0.15, -0.1) is 0 Å². The van der Waals surface area contributed by atoms with Gasteiger partial charge in [0.25, 0.3) is 0 Å². The molecule has 1 N–H and O–H groups in total. The van der Waals surface area contributed by atoms with E-state index in [1.807, 2.05) is 13.0 Å². The lowest BCUT2D eigenvalue weighted by Crippen LogP contribution is -2.12. The minimum Gasteiger partial charge on any atom is -0.325 e. The second-order valence-corrected chi connectivity index (χ2v) is 4.39. The van der Waals surface area contributed by atoms with Gasteiger partial charge in [-0.25, -0.2) is 4.98 Å². The molecule has 15 heavy (non-hydrogen) atoms. The molecule has 0 bridgehead atoms. The van der Waals surface area contributed by atoms with E-state index in [9.17, 15) is 4.79 Å². The van der Waals surface area contributed by atoms with Crippen LogP contribution in [0.15, 0.2) is 12.3 Å². The first-order valence-electron chi connectivity index (χ1n) is 5.07. The molecule has 0 spiro atoms. The van der Waals surface area contributed by atoms with Gasteiger partial charge in [-0.3, -0.25) is 4.79 Å². The topological polar surface area (TPSA) is 42.0 Å². The normalized spacial score (nSPS) is 15.1. The Balaban J connectivity index is 1.97. The molecule has 0 unspecified atom stereocenters. The maximum Gasteiger partial charge on any atom is 0.224 e. The zero-order chi connectivity index (χ0) is 10.8. The van der Waals surface area contributed by atoms with Crippen molar-refractivity contribution in [3.63, 3.8) is 0 Å². The lowest BCUT2D eigenvalue weighted by Gasteiger charge is -2.05. The number of pyridine rings is 1. The smallest absolute Gasteiger partial charge is 0.224 e. The van der Waals surface area contributed by atoms with Gasteiger partial charge < -0.3 is 5.32 Å². The predicted molar refractivity (Wildman–Crippen MR) is 60.0 cm³/mol. The highest BCUT2D eigenvalue weighted by Gasteiger charge is 2.24. The summed E-state index contributed by atoms with van der Waals surface area (Å²) >= 11 is 5.79. The molecule has 80 valence electrons. The van der Waals surface area contributed by atoms with Crippen LogP contribution in [0.5, 0.6) is 0 Å². The van der Waals surface area contributed by atoms with Crippen molar-refractivity contribution in [2.24, 2.45) is 5.92 Å². The molecule has 1 aliphatic rings. The largest absolute Gasteiger partial charge is 0.325 e. The monoisotopic (exact) mass is 224 g/mol. The molecule has 3 nitrogen and oxygen atoms in total. The van der Waals surface area contributed by atoms with Crippen molar-refractivity contribution in [3.8, 4) is 0 Å². The standard InChI is InChI=1S/C11H13ClN2O/c1-7-4-9(6-13-11(7)12)14-10(15)5-8-2-3-8/h4,6,8H,2-3,5H2,1H3,(H,14,15). The van der Waals surface area contributed by atoms with Crippen molar-refractivity contribution in [2.75, 3.05) is 5.32 Å². The molecule has 1 fully saturated rings. The fourth-order valence-corrected chi connectivity index (χ4v) is 1.53. The number of hydrogen-bond acceptors (Lipinski definition) is 2. The number of hydrogen-bond donors (Lipinski definition) is 1. The van der Waals surface area contributed by atoms with Gasteiger partial charge in [-0.05, 0) is 37.3 Å². The van der Waals surface area contributed by atoms with Crippen LogP contribution in [-0.2, 0) is 4.79 Å². The van der Waals surface area contributed by atoms with E-state index in [1.54, 1.807) is 6.20 Å². The minimum absolute atomic E-state index is 0.0704. The van der Waals surface area contributed by atoms with Crippen LogP contribution in [0.25, 0.3) is 0 Å². The Hall–Kier alpha value is -1.09. The average Bonchev–Trinajstić information content (AvgIpc) is 2.95. The molecule has 1 aromatic rings. The van der Waals surface area contributed by atoms with Crippen LogP contribution in [0, 0.1) is 12.8 Å². The van der Waals surface area contributed by atoms with Gasteiger partial charge in [-0.2, -0.15) is 0 Å². The third kappa shape index (κ3) is 2.93. The first-order valence-corrected chi connectivity index (χ1v) is 5.45. The van der Waals surface area contributed by atoms with Crippen LogP contribution in [0.4, 0.5) is 5.69 Å². The molecule has 1 aliphatic carbocycles. The van der Waals surface area contributed by atoms with Crippen molar-refractivity contribution >= 4 is 23.2 Å². The van der Waals surface area contributed by atoms with Gasteiger partial charge in [0.05, 0.1) is 11.9 Å². The molecule has 0 aromatic carbocycles. The molecular weight excluding hydrogens is 212 g/mol. The summed E-state index contributed by atoms with van der Waals surface area (Å²) in [5.74, 6) is 0.673. The van der Waals surface area contributed by atoms with E-state index in [1.165, 1.54) is 12.8 Å². The van der Waals surface area contributed by atoms with Gasteiger partial charge >= 0.3 is 0 Å². The number of nitrogens with zero attached hydrogens (tertiary/aromatic N) is 1. The van der Waals surface area contributed by atoms with Crippen LogP contribution >= 0.6 is 11.6 Å². The number of rotatable bonds is 3. The van der Waals surface area contributed by atoms with Gasteiger partial charge in [0.15, 0.2) is 0 Å². The van der Waals surface area contributed by atoms with Gasteiger partial charge in [0, 0.05) is 6.42 Å². The summed E-state index contributed by atoms with van der Waals surface area (Å²) in [6.45, 7) is 1.87. The van der Waals surface area contributed by atoms with Crippen LogP contribution in [-0.4, -0.2) is 10.9 Å². The Labute approximate surface area is 93.8 Å². The summed E-state index contributed by atoms with van der Waals surface area (Å²) in [6.07, 6.45) is 4.58. The number of anilines is 1. The number of aryl methyl sites for hydroxylation is 1. The summed E-state index contributed by atoms with van der Waals surface area (Å²) in [4.78, 5) is 15.5. The maximum absolute atomic E-state index is 11.5. The number of halogens is 1. The molecule has 0 radical (unpaired) electrons. The Morgan fingerprint density at radius 3 is 3.00 bits per heavy atom. The number of nitrogens with one attached hydrogen (secondary N) is 1. The van der Waals surface area contributed by atoms with E-state index in [4.69, 9.17) is 11.6 Å². The van der Waals surface area contributed by atoms with Crippen LogP contribution in [0.3, 0.4) is 0 Å². The van der Waals surface area contributed by atoms with Crippen LogP contribution in [0.1, 0.15) is 24.8 Å². The fraction of sp³-hybridized carbons (Fsp3) is 0.455. The SMILES string of the molecule is Cc1cc(NC(=O)CC2CC2)cnc1Cl. The Bertz CT molecular complexity index is 388. The van der Waals surface area contributed by atoms with Crippen molar-refractivity contribution in [3.05, 3.63) is 23.0 Å². The van der Waals surface area contributed by atoms with Crippen molar-refractivity contribution in [2.45, 2.75) is 26.2 Å². The number of carbonyl (C=O) groups excluding carboxylic acids is 1. The zero-order valence-electron chi connectivity index (χ0n) is 8.59. The van der Waals surface area contributed by atoms with Crippen molar-refractivity contribution in [1.82, 2.24) is 4.98 Å². The highest BCUT2D eigenvalue weighted by atomic mass is 35.5. The lowest BCUT2D eigenvalue weighted by atomic mass is 10.2. The van der Waals surface area contributed by atoms with E-state index < -0.39 is 0 Å². The first kappa shape index (κ1) is 10.4. The Kier molecular flexibility index (Phi) is 2.91. The van der Waals surface area contributed by atoms with E-state index in [2.05, 4.69) is 10.3 Å². The molecule has 1 heterocycles. The maximum atomic E-state index is 11.5. The second kappa shape index (κ2) is 4.19. The van der Waals surface area contributed by atoms with Crippen LogP contribution < -0.4 is 5.32 Å². The average molecular weight is 225 g/mol. The van der Waals surface area contributed by atoms with E-state index in [-0.39, 0.29) is 5.91 Å². The molecule has 1 aromatic heterocycles. The van der Waals surface area contributed by atoms with E-state index in [0.29, 0.717) is 17.5 Å². The van der Waals surface area contributed by atoms with Gasteiger partial charge in [0.2, 0.25) is 5.91 Å². The fourth-order valence-electron chi connectivity index (χ4n) is 1.42. The molecule has 1 saturated carbocycles. The Morgan fingerprint density at radius 2 is 2.40 bits per heavy atom. The predicted octanol–water partition coefficient (Wildman–Crippen LogP) is 2.78. The zero-order valence-corrected chi connectivity index (χ0v) is 9.34. The molecular formula is C11H13ClN2O. The quantitative estimate of drug-likeness (QED) is 0.803. The lowest BCUT2D eigenvalue weighted by molar-refractivity contribution is -0.116. The van der Waals surface area contributed by atoms with Crippen molar-refractivity contribution in [1.29, 1.82) is 0 Å². The van der Waals surface area contributed by atoms with E-state index in [0.717, 1.165) is 11.3 Å².